The van der Waals surface area contributed by atoms with Gasteiger partial charge >= 0.3 is 0 Å². The predicted octanol–water partition coefficient (Wildman–Crippen LogP) is 5.01. The molecule has 6 heteroatoms. The highest BCUT2D eigenvalue weighted by molar-refractivity contribution is 6.01. The molecule has 1 fully saturated rings. The Morgan fingerprint density at radius 3 is 2.44 bits per heavy atom. The van der Waals surface area contributed by atoms with E-state index in [1.165, 1.54) is 12.8 Å². The van der Waals surface area contributed by atoms with Gasteiger partial charge in [0.15, 0.2) is 11.5 Å². The van der Waals surface area contributed by atoms with Gasteiger partial charge < -0.3 is 11.1 Å². The van der Waals surface area contributed by atoms with E-state index in [2.05, 4.69) is 16.5 Å². The number of nitrogens with one attached hydrogen (secondary N) is 1. The molecule has 1 amide bonds. The molecule has 32 heavy (non-hydrogen) atoms. The third-order valence-electron chi connectivity index (χ3n) is 6.35. The van der Waals surface area contributed by atoms with Gasteiger partial charge in [-0.15, -0.1) is 0 Å². The molecule has 0 aliphatic heterocycles. The van der Waals surface area contributed by atoms with Crippen molar-refractivity contribution in [2.24, 2.45) is 7.05 Å². The number of fused-ring (bicyclic) bond motifs is 1. The molecule has 0 spiro atoms. The number of carbonyl (C=O) groups is 1. The van der Waals surface area contributed by atoms with Crippen LogP contribution in [0.1, 0.15) is 43.9 Å². The zero-order valence-corrected chi connectivity index (χ0v) is 18.6. The number of hydrogen-bond acceptors (Lipinski definition) is 4. The van der Waals surface area contributed by atoms with Crippen LogP contribution in [0.15, 0.2) is 60.7 Å². The first-order valence-electron chi connectivity index (χ1n) is 10.9. The number of pyridine rings is 1. The van der Waals surface area contributed by atoms with Gasteiger partial charge in [-0.05, 0) is 61.6 Å². The first-order chi connectivity index (χ1) is 15.3. The number of aryl methyl sites for hydroxylation is 1. The Labute approximate surface area is 187 Å². The molecule has 162 valence electrons. The van der Waals surface area contributed by atoms with Crippen LogP contribution in [0.4, 0.5) is 11.5 Å². The van der Waals surface area contributed by atoms with Gasteiger partial charge in [0.25, 0.3) is 0 Å². The van der Waals surface area contributed by atoms with Gasteiger partial charge in [-0.25, -0.2) is 9.67 Å². The lowest BCUT2D eigenvalue weighted by molar-refractivity contribution is -0.120. The zero-order valence-electron chi connectivity index (χ0n) is 18.6. The van der Waals surface area contributed by atoms with Crippen LogP contribution in [0.25, 0.3) is 22.2 Å². The minimum Gasteiger partial charge on any atom is -0.382 e. The van der Waals surface area contributed by atoms with Crippen LogP contribution < -0.4 is 11.1 Å². The third kappa shape index (κ3) is 3.51. The smallest absolute Gasteiger partial charge is 0.234 e. The number of benzene rings is 2. The SMILES string of the molecule is Cn1nc(N)c2c(-c3ccc(NC(=O)C(C)(C)c4ccccc4)cc3)cc(C3CC3)nc21. The number of amides is 1. The van der Waals surface area contributed by atoms with Crippen molar-refractivity contribution in [2.75, 3.05) is 11.1 Å². The number of nitrogens with zero attached hydrogens (tertiary/aromatic N) is 3. The van der Waals surface area contributed by atoms with E-state index in [0.29, 0.717) is 11.7 Å². The standard InChI is InChI=1S/C26H27N5O/c1-26(2,18-7-5-4-6-8-18)25(32)28-19-13-11-16(12-14-19)20-15-21(17-9-10-17)29-24-22(20)23(27)30-31(24)3/h4-8,11-15,17H,9-10H2,1-3H3,(H2,27,30)(H,28,32). The van der Waals surface area contributed by atoms with Crippen molar-refractivity contribution in [3.8, 4) is 11.1 Å². The molecule has 3 N–H and O–H groups in total. The molecule has 2 aromatic carbocycles. The number of anilines is 2. The second kappa shape index (κ2) is 7.48. The average molecular weight is 426 g/mol. The van der Waals surface area contributed by atoms with Gasteiger partial charge in [0, 0.05) is 24.3 Å². The highest BCUT2D eigenvalue weighted by atomic mass is 16.2. The molecule has 6 nitrogen and oxygen atoms in total. The molecule has 4 aromatic rings. The number of aromatic nitrogens is 3. The van der Waals surface area contributed by atoms with Crippen molar-refractivity contribution in [1.29, 1.82) is 0 Å². The molecule has 0 radical (unpaired) electrons. The quantitative estimate of drug-likeness (QED) is 0.471. The maximum atomic E-state index is 13.0. The van der Waals surface area contributed by atoms with E-state index in [4.69, 9.17) is 10.7 Å². The number of rotatable bonds is 5. The largest absolute Gasteiger partial charge is 0.382 e. The summed E-state index contributed by atoms with van der Waals surface area (Å²) in [5.74, 6) is 0.956. The summed E-state index contributed by atoms with van der Waals surface area (Å²) in [6.45, 7) is 3.87. The van der Waals surface area contributed by atoms with Gasteiger partial charge in [-0.2, -0.15) is 5.10 Å². The van der Waals surface area contributed by atoms with E-state index in [9.17, 15) is 4.79 Å². The van der Waals surface area contributed by atoms with Crippen LogP contribution in [0.3, 0.4) is 0 Å². The van der Waals surface area contributed by atoms with Crippen molar-refractivity contribution in [3.05, 3.63) is 71.9 Å². The second-order valence-corrected chi connectivity index (χ2v) is 9.10. The molecule has 0 atom stereocenters. The van der Waals surface area contributed by atoms with Crippen LogP contribution in [0, 0.1) is 0 Å². The van der Waals surface area contributed by atoms with Gasteiger partial charge in [0.05, 0.1) is 10.8 Å². The Bertz CT molecular complexity index is 1300. The van der Waals surface area contributed by atoms with Crippen molar-refractivity contribution in [3.63, 3.8) is 0 Å². The molecule has 1 aliphatic carbocycles. The summed E-state index contributed by atoms with van der Waals surface area (Å²) in [4.78, 5) is 17.8. The van der Waals surface area contributed by atoms with Crippen LogP contribution >= 0.6 is 0 Å². The summed E-state index contributed by atoms with van der Waals surface area (Å²) in [6.07, 6.45) is 2.35. The highest BCUT2D eigenvalue weighted by Crippen LogP contribution is 2.42. The van der Waals surface area contributed by atoms with Crippen molar-refractivity contribution in [1.82, 2.24) is 14.8 Å². The van der Waals surface area contributed by atoms with E-state index < -0.39 is 5.41 Å². The summed E-state index contributed by atoms with van der Waals surface area (Å²) in [5, 5.41) is 8.32. The lowest BCUT2D eigenvalue weighted by Crippen LogP contribution is -2.34. The lowest BCUT2D eigenvalue weighted by Gasteiger charge is -2.24. The normalized spacial score (nSPS) is 14.0. The minimum atomic E-state index is -0.638. The third-order valence-corrected chi connectivity index (χ3v) is 6.35. The van der Waals surface area contributed by atoms with E-state index in [-0.39, 0.29) is 5.91 Å². The molecule has 5 rings (SSSR count). The second-order valence-electron chi connectivity index (χ2n) is 9.10. The highest BCUT2D eigenvalue weighted by Gasteiger charge is 2.30. The zero-order chi connectivity index (χ0) is 22.5. The Morgan fingerprint density at radius 2 is 1.78 bits per heavy atom. The Hall–Kier alpha value is -3.67. The molecular formula is C26H27N5O. The lowest BCUT2D eigenvalue weighted by atomic mass is 9.83. The van der Waals surface area contributed by atoms with Crippen LogP contribution in [-0.2, 0) is 17.3 Å². The molecule has 0 saturated heterocycles. The van der Waals surface area contributed by atoms with Gasteiger partial charge in [0.2, 0.25) is 5.91 Å². The average Bonchev–Trinajstić information content (AvgIpc) is 3.60. The monoisotopic (exact) mass is 425 g/mol. The summed E-state index contributed by atoms with van der Waals surface area (Å²) in [5.41, 5.74) is 11.3. The molecule has 2 heterocycles. The fourth-order valence-corrected chi connectivity index (χ4v) is 4.12. The predicted molar refractivity (Wildman–Crippen MR) is 128 cm³/mol. The molecule has 0 bridgehead atoms. The number of carbonyl (C=O) groups excluding carboxylic acids is 1. The van der Waals surface area contributed by atoms with Crippen LogP contribution in [0.2, 0.25) is 0 Å². The molecule has 2 aromatic heterocycles. The van der Waals surface area contributed by atoms with Crippen LogP contribution in [-0.4, -0.2) is 20.7 Å². The number of nitrogens with two attached hydrogens (primary N) is 1. The van der Waals surface area contributed by atoms with Gasteiger partial charge in [-0.1, -0.05) is 42.5 Å². The summed E-state index contributed by atoms with van der Waals surface area (Å²) >= 11 is 0. The summed E-state index contributed by atoms with van der Waals surface area (Å²) < 4.78 is 1.75. The Morgan fingerprint density at radius 1 is 1.09 bits per heavy atom. The van der Waals surface area contributed by atoms with Crippen molar-refractivity contribution >= 4 is 28.4 Å². The van der Waals surface area contributed by atoms with E-state index >= 15 is 0 Å². The van der Waals surface area contributed by atoms with E-state index in [1.54, 1.807) is 4.68 Å². The maximum absolute atomic E-state index is 13.0. The number of nitrogen functional groups attached to an aromatic ring is 1. The van der Waals surface area contributed by atoms with Crippen molar-refractivity contribution in [2.45, 2.75) is 38.0 Å². The molecule has 1 saturated carbocycles. The van der Waals surface area contributed by atoms with E-state index in [0.717, 1.165) is 39.1 Å². The summed E-state index contributed by atoms with van der Waals surface area (Å²) in [7, 11) is 1.87. The topological polar surface area (TPSA) is 85.8 Å². The molecular weight excluding hydrogens is 398 g/mol. The van der Waals surface area contributed by atoms with Gasteiger partial charge in [-0.3, -0.25) is 4.79 Å². The van der Waals surface area contributed by atoms with E-state index in [1.807, 2.05) is 75.5 Å². The first kappa shape index (κ1) is 20.2. The fourth-order valence-electron chi connectivity index (χ4n) is 4.12. The summed E-state index contributed by atoms with van der Waals surface area (Å²) in [6, 6.07) is 19.9. The molecule has 0 unspecified atom stereocenters. The Kier molecular flexibility index (Phi) is 4.73. The number of hydrogen-bond donors (Lipinski definition) is 2. The van der Waals surface area contributed by atoms with Gasteiger partial charge in [0.1, 0.15) is 0 Å². The molecule has 1 aliphatic rings. The minimum absolute atomic E-state index is 0.0460. The maximum Gasteiger partial charge on any atom is 0.234 e. The first-order valence-corrected chi connectivity index (χ1v) is 10.9. The fraction of sp³-hybridized carbons (Fsp3) is 0.269. The van der Waals surface area contributed by atoms with Crippen molar-refractivity contribution < 1.29 is 4.79 Å². The Balaban J connectivity index is 1.45. The van der Waals surface area contributed by atoms with Crippen LogP contribution in [0.5, 0.6) is 0 Å².